The van der Waals surface area contributed by atoms with E-state index in [1.54, 1.807) is 25.3 Å². The van der Waals surface area contributed by atoms with Gasteiger partial charge in [-0.05, 0) is 25.1 Å². The van der Waals surface area contributed by atoms with Gasteiger partial charge in [-0.2, -0.15) is 0 Å². The number of rotatable bonds is 5. The lowest BCUT2D eigenvalue weighted by Crippen LogP contribution is -2.44. The summed E-state index contributed by atoms with van der Waals surface area (Å²) in [6, 6.07) is 9.35. The van der Waals surface area contributed by atoms with Gasteiger partial charge in [0, 0.05) is 38.0 Å². The van der Waals surface area contributed by atoms with E-state index in [9.17, 15) is 4.79 Å². The molecule has 1 aromatic carbocycles. The van der Waals surface area contributed by atoms with E-state index in [0.29, 0.717) is 25.5 Å². The van der Waals surface area contributed by atoms with Crippen LogP contribution in [-0.4, -0.2) is 48.6 Å². The van der Waals surface area contributed by atoms with Gasteiger partial charge in [0.15, 0.2) is 5.96 Å². The lowest BCUT2D eigenvalue weighted by molar-refractivity contribution is -0.117. The first-order valence-corrected chi connectivity index (χ1v) is 8.79. The fourth-order valence-electron chi connectivity index (χ4n) is 3.00. The number of carbonyl (C=O) groups excluding carboxylic acids is 1. The molecule has 1 aliphatic heterocycles. The Morgan fingerprint density at radius 3 is 3.00 bits per heavy atom. The van der Waals surface area contributed by atoms with Crippen LogP contribution >= 0.6 is 0 Å². The van der Waals surface area contributed by atoms with E-state index in [4.69, 9.17) is 4.74 Å². The molecule has 1 aromatic heterocycles. The quantitative estimate of drug-likeness (QED) is 0.610. The van der Waals surface area contributed by atoms with Crippen molar-refractivity contribution in [3.8, 4) is 5.75 Å². The Morgan fingerprint density at radius 2 is 2.26 bits per heavy atom. The summed E-state index contributed by atoms with van der Waals surface area (Å²) >= 11 is 0. The normalized spacial score (nSPS) is 17.1. The molecule has 2 N–H and O–H groups in total. The van der Waals surface area contributed by atoms with Crippen molar-refractivity contribution in [3.63, 3.8) is 0 Å². The molecule has 0 saturated carbocycles. The van der Waals surface area contributed by atoms with Crippen LogP contribution in [0, 0.1) is 6.92 Å². The van der Waals surface area contributed by atoms with Gasteiger partial charge in [0.25, 0.3) is 0 Å². The molecule has 2 aromatic rings. The summed E-state index contributed by atoms with van der Waals surface area (Å²) in [6.07, 6.45) is 2.14. The molecule has 0 bridgehead atoms. The van der Waals surface area contributed by atoms with Crippen LogP contribution in [0.3, 0.4) is 0 Å². The average Bonchev–Trinajstić information content (AvgIpc) is 3.05. The molecule has 0 spiro atoms. The van der Waals surface area contributed by atoms with Crippen molar-refractivity contribution in [2.24, 2.45) is 4.99 Å². The lowest BCUT2D eigenvalue weighted by Gasteiger charge is -2.19. The van der Waals surface area contributed by atoms with Crippen LogP contribution in [0.1, 0.15) is 17.9 Å². The molecule has 8 heteroatoms. The third-order valence-corrected chi connectivity index (χ3v) is 4.33. The van der Waals surface area contributed by atoms with Gasteiger partial charge in [-0.25, -0.2) is 9.97 Å². The van der Waals surface area contributed by atoms with Gasteiger partial charge >= 0.3 is 0 Å². The maximum absolute atomic E-state index is 12.4. The minimum atomic E-state index is -0.0259. The zero-order valence-corrected chi connectivity index (χ0v) is 15.8. The van der Waals surface area contributed by atoms with Gasteiger partial charge in [-0.1, -0.05) is 6.07 Å². The second kappa shape index (κ2) is 8.48. The molecular formula is C19H24N6O2. The van der Waals surface area contributed by atoms with Crippen molar-refractivity contribution >= 4 is 17.6 Å². The fraction of sp³-hybridized carbons (Fsp3) is 0.368. The molecule has 8 nitrogen and oxygen atoms in total. The molecule has 1 aliphatic rings. The van der Waals surface area contributed by atoms with Gasteiger partial charge in [0.1, 0.15) is 11.6 Å². The first-order chi connectivity index (χ1) is 13.1. The monoisotopic (exact) mass is 368 g/mol. The van der Waals surface area contributed by atoms with Crippen LogP contribution in [0.15, 0.2) is 41.5 Å². The number of nitrogens with zero attached hydrogens (tertiary/aromatic N) is 4. The molecule has 1 atom stereocenters. The first-order valence-electron chi connectivity index (χ1n) is 8.79. The summed E-state index contributed by atoms with van der Waals surface area (Å²) in [5.74, 6) is 2.17. The van der Waals surface area contributed by atoms with E-state index in [0.717, 1.165) is 23.0 Å². The number of anilines is 1. The Hall–Kier alpha value is -3.16. The molecule has 1 fully saturated rings. The molecule has 1 unspecified atom stereocenters. The van der Waals surface area contributed by atoms with Crippen LogP contribution in [0.2, 0.25) is 0 Å². The summed E-state index contributed by atoms with van der Waals surface area (Å²) in [4.78, 5) is 26.9. The summed E-state index contributed by atoms with van der Waals surface area (Å²) < 4.78 is 5.25. The number of hydrogen-bond donors (Lipinski definition) is 2. The minimum Gasteiger partial charge on any atom is -0.497 e. The lowest BCUT2D eigenvalue weighted by atomic mass is 10.2. The van der Waals surface area contributed by atoms with E-state index in [-0.39, 0.29) is 11.9 Å². The standard InChI is InChI=1S/C19H24N6O2/c1-13-21-8-7-14(23-13)11-22-19(20-2)24-15-9-18(26)25(12-15)16-5-4-6-17(10-16)27-3/h4-8,10,15H,9,11-12H2,1-3H3,(H2,20,22,24). The molecule has 3 rings (SSSR count). The van der Waals surface area contributed by atoms with Crippen molar-refractivity contribution < 1.29 is 9.53 Å². The highest BCUT2D eigenvalue weighted by molar-refractivity contribution is 5.97. The maximum Gasteiger partial charge on any atom is 0.229 e. The summed E-state index contributed by atoms with van der Waals surface area (Å²) in [6.45, 7) is 2.95. The topological polar surface area (TPSA) is 91.7 Å². The number of guanidine groups is 1. The van der Waals surface area contributed by atoms with Crippen LogP contribution in [0.4, 0.5) is 5.69 Å². The number of hydrogen-bond acceptors (Lipinski definition) is 5. The van der Waals surface area contributed by atoms with E-state index < -0.39 is 0 Å². The number of methoxy groups -OCH3 is 1. The molecule has 142 valence electrons. The first kappa shape index (κ1) is 18.6. The third-order valence-electron chi connectivity index (χ3n) is 4.33. The molecular weight excluding hydrogens is 344 g/mol. The summed E-state index contributed by atoms with van der Waals surface area (Å²) in [5.41, 5.74) is 1.72. The zero-order chi connectivity index (χ0) is 19.2. The number of benzene rings is 1. The van der Waals surface area contributed by atoms with Crippen molar-refractivity contribution in [2.75, 3.05) is 25.6 Å². The van der Waals surface area contributed by atoms with Gasteiger partial charge in [-0.3, -0.25) is 9.79 Å². The Labute approximate surface area is 158 Å². The van der Waals surface area contributed by atoms with Gasteiger partial charge < -0.3 is 20.3 Å². The molecule has 1 amide bonds. The van der Waals surface area contributed by atoms with Crippen molar-refractivity contribution in [2.45, 2.75) is 25.9 Å². The number of nitrogens with one attached hydrogen (secondary N) is 2. The van der Waals surface area contributed by atoms with Crippen molar-refractivity contribution in [3.05, 3.63) is 48.0 Å². The zero-order valence-electron chi connectivity index (χ0n) is 15.8. The molecule has 0 aliphatic carbocycles. The van der Waals surface area contributed by atoms with Gasteiger partial charge in [0.05, 0.1) is 25.4 Å². The Balaban J connectivity index is 1.59. The minimum absolute atomic E-state index is 0.0259. The molecule has 2 heterocycles. The molecule has 27 heavy (non-hydrogen) atoms. The third kappa shape index (κ3) is 4.72. The van der Waals surface area contributed by atoms with E-state index in [1.807, 2.05) is 37.3 Å². The average molecular weight is 368 g/mol. The van der Waals surface area contributed by atoms with E-state index in [1.165, 1.54) is 0 Å². The van der Waals surface area contributed by atoms with Gasteiger partial charge in [0.2, 0.25) is 5.91 Å². The second-order valence-corrected chi connectivity index (χ2v) is 6.27. The Morgan fingerprint density at radius 1 is 1.41 bits per heavy atom. The largest absolute Gasteiger partial charge is 0.497 e. The number of ether oxygens (including phenoxy) is 1. The van der Waals surface area contributed by atoms with Crippen molar-refractivity contribution in [1.29, 1.82) is 0 Å². The number of carbonyl (C=O) groups is 1. The smallest absolute Gasteiger partial charge is 0.229 e. The number of amides is 1. The maximum atomic E-state index is 12.4. The number of aliphatic imine (C=N–C) groups is 1. The number of aromatic nitrogens is 2. The highest BCUT2D eigenvalue weighted by Gasteiger charge is 2.31. The second-order valence-electron chi connectivity index (χ2n) is 6.27. The van der Waals surface area contributed by atoms with E-state index in [2.05, 4.69) is 25.6 Å². The Bertz CT molecular complexity index is 838. The van der Waals surface area contributed by atoms with Crippen LogP contribution in [0.5, 0.6) is 5.75 Å². The number of aryl methyl sites for hydroxylation is 1. The van der Waals surface area contributed by atoms with Crippen LogP contribution in [-0.2, 0) is 11.3 Å². The van der Waals surface area contributed by atoms with Crippen LogP contribution in [0.25, 0.3) is 0 Å². The summed E-state index contributed by atoms with van der Waals surface area (Å²) in [5, 5.41) is 6.54. The highest BCUT2D eigenvalue weighted by Crippen LogP contribution is 2.25. The Kier molecular flexibility index (Phi) is 5.85. The van der Waals surface area contributed by atoms with Crippen LogP contribution < -0.4 is 20.3 Å². The van der Waals surface area contributed by atoms with E-state index >= 15 is 0 Å². The highest BCUT2D eigenvalue weighted by atomic mass is 16.5. The molecule has 1 saturated heterocycles. The SMILES string of the molecule is CN=C(NCc1ccnc(C)n1)NC1CC(=O)N(c2cccc(OC)c2)C1. The molecule has 0 radical (unpaired) electrons. The predicted octanol–water partition coefficient (Wildman–Crippen LogP) is 1.26. The summed E-state index contributed by atoms with van der Waals surface area (Å²) in [7, 11) is 3.32. The van der Waals surface area contributed by atoms with Gasteiger partial charge in [-0.15, -0.1) is 0 Å². The predicted molar refractivity (Wildman–Crippen MR) is 104 cm³/mol. The fourth-order valence-corrected chi connectivity index (χ4v) is 3.00. The van der Waals surface area contributed by atoms with Crippen molar-refractivity contribution in [1.82, 2.24) is 20.6 Å².